The molecular weight excluding hydrogens is 338 g/mol. The van der Waals surface area contributed by atoms with Gasteiger partial charge < -0.3 is 4.74 Å². The van der Waals surface area contributed by atoms with E-state index in [9.17, 15) is 4.79 Å². The van der Waals surface area contributed by atoms with Gasteiger partial charge in [0.05, 0.1) is 14.7 Å². The van der Waals surface area contributed by atoms with Crippen molar-refractivity contribution < 1.29 is 9.53 Å². The fourth-order valence-corrected chi connectivity index (χ4v) is 3.22. The molecule has 1 heterocycles. The summed E-state index contributed by atoms with van der Waals surface area (Å²) in [5.41, 5.74) is 1.61. The van der Waals surface area contributed by atoms with E-state index in [1.165, 1.54) is 0 Å². The normalized spacial score (nSPS) is 10.7. The summed E-state index contributed by atoms with van der Waals surface area (Å²) in [6.07, 6.45) is 0.808. The molecule has 3 nitrogen and oxygen atoms in total. The Hall–Kier alpha value is -1.72. The van der Waals surface area contributed by atoms with Crippen LogP contribution >= 0.6 is 27.3 Å². The van der Waals surface area contributed by atoms with Gasteiger partial charge in [-0.2, -0.15) is 0 Å². The van der Waals surface area contributed by atoms with Crippen molar-refractivity contribution >= 4 is 43.8 Å². The van der Waals surface area contributed by atoms with E-state index >= 15 is 0 Å². The third-order valence-electron chi connectivity index (χ3n) is 2.78. The topological polar surface area (TPSA) is 39.2 Å². The summed E-state index contributed by atoms with van der Waals surface area (Å²) < 4.78 is 7.66. The number of para-hydroxylation sites is 1. The second kappa shape index (κ2) is 5.73. The number of carbonyl (C=O) groups excluding carboxylic acids is 1. The van der Waals surface area contributed by atoms with Crippen LogP contribution in [0.2, 0.25) is 0 Å². The van der Waals surface area contributed by atoms with Crippen molar-refractivity contribution in [2.45, 2.75) is 6.61 Å². The molecule has 0 spiro atoms. The van der Waals surface area contributed by atoms with Crippen molar-refractivity contribution in [2.24, 2.45) is 0 Å². The molecule has 3 aromatic rings. The Morgan fingerprint density at radius 2 is 2.10 bits per heavy atom. The highest BCUT2D eigenvalue weighted by Crippen LogP contribution is 2.28. The molecule has 0 radical (unpaired) electrons. The Labute approximate surface area is 128 Å². The molecule has 100 valence electrons. The number of thiazole rings is 1. The summed E-state index contributed by atoms with van der Waals surface area (Å²) in [7, 11) is 0. The molecule has 0 saturated carbocycles. The van der Waals surface area contributed by atoms with E-state index in [4.69, 9.17) is 4.74 Å². The predicted octanol–water partition coefficient (Wildman–Crippen LogP) is 4.45. The molecule has 20 heavy (non-hydrogen) atoms. The van der Waals surface area contributed by atoms with Gasteiger partial charge in [0.2, 0.25) is 0 Å². The number of nitrogens with zero attached hydrogens (tertiary/aromatic N) is 1. The molecule has 0 aliphatic carbocycles. The molecule has 0 atom stereocenters. The van der Waals surface area contributed by atoms with Gasteiger partial charge in [0.25, 0.3) is 0 Å². The number of carbonyl (C=O) groups is 1. The van der Waals surface area contributed by atoms with Crippen molar-refractivity contribution in [1.82, 2.24) is 4.98 Å². The lowest BCUT2D eigenvalue weighted by Gasteiger charge is -2.06. The van der Waals surface area contributed by atoms with Gasteiger partial charge in [-0.15, -0.1) is 11.3 Å². The van der Waals surface area contributed by atoms with Gasteiger partial charge in [-0.05, 0) is 46.3 Å². The number of aldehydes is 1. The Bertz CT molecular complexity index is 736. The van der Waals surface area contributed by atoms with Gasteiger partial charge in [0.15, 0.2) is 0 Å². The van der Waals surface area contributed by atoms with Gasteiger partial charge in [-0.3, -0.25) is 4.79 Å². The van der Waals surface area contributed by atoms with E-state index in [0.29, 0.717) is 17.9 Å². The molecule has 0 bridgehead atoms. The summed E-state index contributed by atoms with van der Waals surface area (Å²) in [6, 6.07) is 13.3. The zero-order chi connectivity index (χ0) is 13.9. The van der Waals surface area contributed by atoms with Crippen LogP contribution in [0.15, 0.2) is 46.9 Å². The maximum Gasteiger partial charge on any atom is 0.150 e. The van der Waals surface area contributed by atoms with Gasteiger partial charge in [-0.25, -0.2) is 4.98 Å². The highest BCUT2D eigenvalue weighted by atomic mass is 79.9. The SMILES string of the molecule is O=Cc1ccc(OCc2nc3ccccc3s2)c(Br)c1. The van der Waals surface area contributed by atoms with Crippen LogP contribution in [-0.2, 0) is 6.61 Å². The minimum Gasteiger partial charge on any atom is -0.485 e. The monoisotopic (exact) mass is 347 g/mol. The van der Waals surface area contributed by atoms with Crippen LogP contribution in [0.4, 0.5) is 0 Å². The van der Waals surface area contributed by atoms with E-state index in [1.807, 2.05) is 24.3 Å². The molecule has 0 amide bonds. The summed E-state index contributed by atoms with van der Waals surface area (Å²) in [5.74, 6) is 0.704. The summed E-state index contributed by atoms with van der Waals surface area (Å²) in [5, 5.41) is 0.928. The van der Waals surface area contributed by atoms with Crippen LogP contribution in [0.25, 0.3) is 10.2 Å². The molecule has 0 unspecified atom stereocenters. The van der Waals surface area contributed by atoms with Crippen LogP contribution < -0.4 is 4.74 Å². The first-order valence-electron chi connectivity index (χ1n) is 5.98. The fourth-order valence-electron chi connectivity index (χ4n) is 1.83. The standard InChI is InChI=1S/C15H10BrNO2S/c16-11-7-10(8-18)5-6-13(11)19-9-15-17-12-3-1-2-4-14(12)20-15/h1-8H,9H2. The zero-order valence-electron chi connectivity index (χ0n) is 10.4. The Morgan fingerprint density at radius 1 is 1.25 bits per heavy atom. The van der Waals surface area contributed by atoms with Gasteiger partial charge >= 0.3 is 0 Å². The Balaban J connectivity index is 1.77. The molecular formula is C15H10BrNO2S. The minimum absolute atomic E-state index is 0.415. The molecule has 0 aliphatic rings. The van der Waals surface area contributed by atoms with Gasteiger partial charge in [-0.1, -0.05) is 12.1 Å². The second-order valence-electron chi connectivity index (χ2n) is 4.17. The van der Waals surface area contributed by atoms with E-state index in [-0.39, 0.29) is 0 Å². The fraction of sp³-hybridized carbons (Fsp3) is 0.0667. The van der Waals surface area contributed by atoms with Crippen LogP contribution in [0.3, 0.4) is 0 Å². The average molecular weight is 348 g/mol. The molecule has 0 fully saturated rings. The van der Waals surface area contributed by atoms with Crippen molar-refractivity contribution in [3.8, 4) is 5.75 Å². The van der Waals surface area contributed by atoms with E-state index in [0.717, 1.165) is 26.0 Å². The van der Waals surface area contributed by atoms with E-state index in [2.05, 4.69) is 20.9 Å². The number of hydrogen-bond donors (Lipinski definition) is 0. The van der Waals surface area contributed by atoms with Crippen molar-refractivity contribution in [2.75, 3.05) is 0 Å². The summed E-state index contributed by atoms with van der Waals surface area (Å²) >= 11 is 5.02. The number of aromatic nitrogens is 1. The van der Waals surface area contributed by atoms with Gasteiger partial charge in [0, 0.05) is 5.56 Å². The van der Waals surface area contributed by atoms with Gasteiger partial charge in [0.1, 0.15) is 23.7 Å². The maximum atomic E-state index is 10.7. The van der Waals surface area contributed by atoms with Crippen LogP contribution in [-0.4, -0.2) is 11.3 Å². The Morgan fingerprint density at radius 3 is 2.85 bits per heavy atom. The lowest BCUT2D eigenvalue weighted by atomic mass is 10.2. The maximum absolute atomic E-state index is 10.7. The first-order chi connectivity index (χ1) is 9.76. The smallest absolute Gasteiger partial charge is 0.150 e. The number of rotatable bonds is 4. The number of fused-ring (bicyclic) bond motifs is 1. The summed E-state index contributed by atoms with van der Waals surface area (Å²) in [6.45, 7) is 0.415. The average Bonchev–Trinajstić information content (AvgIpc) is 2.88. The second-order valence-corrected chi connectivity index (χ2v) is 6.14. The van der Waals surface area contributed by atoms with Crippen molar-refractivity contribution in [3.05, 3.63) is 57.5 Å². The van der Waals surface area contributed by atoms with E-state index in [1.54, 1.807) is 29.5 Å². The number of benzene rings is 2. The van der Waals surface area contributed by atoms with Crippen LogP contribution in [0.1, 0.15) is 15.4 Å². The molecule has 2 aromatic carbocycles. The molecule has 0 N–H and O–H groups in total. The molecule has 0 saturated heterocycles. The zero-order valence-corrected chi connectivity index (χ0v) is 12.8. The van der Waals surface area contributed by atoms with Crippen LogP contribution in [0, 0.1) is 0 Å². The third-order valence-corrected chi connectivity index (χ3v) is 4.41. The molecule has 1 aromatic heterocycles. The number of hydrogen-bond acceptors (Lipinski definition) is 4. The minimum atomic E-state index is 0.415. The third kappa shape index (κ3) is 2.73. The Kier molecular flexibility index (Phi) is 3.80. The number of halogens is 1. The van der Waals surface area contributed by atoms with Crippen molar-refractivity contribution in [1.29, 1.82) is 0 Å². The lowest BCUT2D eigenvalue weighted by Crippen LogP contribution is -1.95. The molecule has 3 rings (SSSR count). The number of ether oxygens (including phenoxy) is 1. The summed E-state index contributed by atoms with van der Waals surface area (Å²) in [4.78, 5) is 15.2. The predicted molar refractivity (Wildman–Crippen MR) is 83.5 cm³/mol. The van der Waals surface area contributed by atoms with Crippen molar-refractivity contribution in [3.63, 3.8) is 0 Å². The molecule has 5 heteroatoms. The first-order valence-corrected chi connectivity index (χ1v) is 7.59. The quantitative estimate of drug-likeness (QED) is 0.654. The highest BCUT2D eigenvalue weighted by molar-refractivity contribution is 9.10. The highest BCUT2D eigenvalue weighted by Gasteiger charge is 2.06. The largest absolute Gasteiger partial charge is 0.485 e. The van der Waals surface area contributed by atoms with E-state index < -0.39 is 0 Å². The first kappa shape index (κ1) is 13.3. The lowest BCUT2D eigenvalue weighted by molar-refractivity contribution is 0.112. The van der Waals surface area contributed by atoms with Crippen LogP contribution in [0.5, 0.6) is 5.75 Å². The molecule has 0 aliphatic heterocycles.